The fraction of sp³-hybridized carbons (Fsp3) is 0.364. The molecular weight excluding hydrogens is 260 g/mol. The topological polar surface area (TPSA) is 79.7 Å². The molecule has 18 heavy (non-hydrogen) atoms. The molecular formula is C11H13ClN2O4. The fourth-order valence-corrected chi connectivity index (χ4v) is 1.50. The number of ether oxygens (including phenoxy) is 1. The monoisotopic (exact) mass is 272 g/mol. The Bertz CT molecular complexity index is 464. The van der Waals surface area contributed by atoms with Crippen molar-refractivity contribution in [2.24, 2.45) is 0 Å². The van der Waals surface area contributed by atoms with E-state index in [9.17, 15) is 9.59 Å². The smallest absolute Gasteiger partial charge is 0.323 e. The number of rotatable bonds is 5. The molecule has 0 atom stereocenters. The number of likely N-dealkylation sites (N-methyl/N-ethyl adjacent to an activating group) is 1. The molecule has 0 spiro atoms. The number of halogens is 1. The van der Waals surface area contributed by atoms with Crippen molar-refractivity contribution in [3.63, 3.8) is 0 Å². The van der Waals surface area contributed by atoms with E-state index in [0.717, 1.165) is 4.90 Å². The Hall–Kier alpha value is -1.82. The van der Waals surface area contributed by atoms with Crippen molar-refractivity contribution >= 4 is 23.5 Å². The van der Waals surface area contributed by atoms with Gasteiger partial charge in [0.05, 0.1) is 12.2 Å². The molecule has 0 saturated carbocycles. The lowest BCUT2D eigenvalue weighted by Crippen LogP contribution is -2.32. The summed E-state index contributed by atoms with van der Waals surface area (Å²) in [4.78, 5) is 27.3. The van der Waals surface area contributed by atoms with Crippen LogP contribution in [0.25, 0.3) is 0 Å². The Morgan fingerprint density at radius 1 is 1.56 bits per heavy atom. The lowest BCUT2D eigenvalue weighted by atomic mass is 10.2. The lowest BCUT2D eigenvalue weighted by Gasteiger charge is -2.14. The zero-order valence-corrected chi connectivity index (χ0v) is 10.8. The van der Waals surface area contributed by atoms with Crippen LogP contribution in [0.2, 0.25) is 5.02 Å². The number of carbonyl (C=O) groups is 2. The number of hydrogen-bond acceptors (Lipinski definition) is 4. The summed E-state index contributed by atoms with van der Waals surface area (Å²) in [5.74, 6) is -1.30. The summed E-state index contributed by atoms with van der Waals surface area (Å²) in [6.07, 6.45) is 1.30. The summed E-state index contributed by atoms with van der Waals surface area (Å²) in [5, 5.41) is 8.81. The van der Waals surface area contributed by atoms with Crippen LogP contribution in [-0.4, -0.2) is 47.1 Å². The molecule has 98 valence electrons. The van der Waals surface area contributed by atoms with E-state index in [4.69, 9.17) is 21.4 Å². The number of carboxylic acids is 1. The predicted octanol–water partition coefficient (Wildman–Crippen LogP) is 1.29. The molecule has 0 bridgehead atoms. The summed E-state index contributed by atoms with van der Waals surface area (Å²) in [6, 6.07) is 1.40. The minimum absolute atomic E-state index is 0.214. The standard InChI is InChI=1S/C11H13ClN2O4/c1-3-18-10-8(12)4-7(5-13-10)11(17)14(2)6-9(15)16/h4-5H,3,6H2,1-2H3,(H,15,16). The Kier molecular flexibility index (Phi) is 4.91. The third kappa shape index (κ3) is 3.59. The Balaban J connectivity index is 2.87. The second-order valence-electron chi connectivity index (χ2n) is 3.50. The van der Waals surface area contributed by atoms with E-state index in [1.807, 2.05) is 0 Å². The number of pyridine rings is 1. The Morgan fingerprint density at radius 3 is 2.72 bits per heavy atom. The highest BCUT2D eigenvalue weighted by molar-refractivity contribution is 6.32. The third-order valence-corrected chi connectivity index (χ3v) is 2.33. The van der Waals surface area contributed by atoms with Gasteiger partial charge >= 0.3 is 5.97 Å². The largest absolute Gasteiger partial charge is 0.480 e. The summed E-state index contributed by atoms with van der Waals surface area (Å²) >= 11 is 5.89. The summed E-state index contributed by atoms with van der Waals surface area (Å²) in [5.41, 5.74) is 0.215. The maximum absolute atomic E-state index is 11.8. The first-order valence-corrected chi connectivity index (χ1v) is 5.59. The van der Waals surface area contributed by atoms with Crippen molar-refractivity contribution in [1.29, 1.82) is 0 Å². The summed E-state index contributed by atoms with van der Waals surface area (Å²) < 4.78 is 5.13. The number of aliphatic carboxylic acids is 1. The quantitative estimate of drug-likeness (QED) is 0.874. The van der Waals surface area contributed by atoms with Gasteiger partial charge in [-0.15, -0.1) is 0 Å². The van der Waals surface area contributed by atoms with Gasteiger partial charge in [-0.25, -0.2) is 4.98 Å². The minimum Gasteiger partial charge on any atom is -0.480 e. The highest BCUT2D eigenvalue weighted by Crippen LogP contribution is 2.22. The Labute approximate surface area is 109 Å². The van der Waals surface area contributed by atoms with Crippen LogP contribution < -0.4 is 4.74 Å². The van der Waals surface area contributed by atoms with Gasteiger partial charge in [0, 0.05) is 13.2 Å². The van der Waals surface area contributed by atoms with Gasteiger partial charge in [-0.3, -0.25) is 9.59 Å². The molecule has 1 amide bonds. The van der Waals surface area contributed by atoms with Gasteiger partial charge < -0.3 is 14.7 Å². The van der Waals surface area contributed by atoms with E-state index in [-0.39, 0.29) is 23.0 Å². The first kappa shape index (κ1) is 14.2. The van der Waals surface area contributed by atoms with E-state index in [2.05, 4.69) is 4.98 Å². The van der Waals surface area contributed by atoms with Gasteiger partial charge in [0.25, 0.3) is 5.91 Å². The third-order valence-electron chi connectivity index (χ3n) is 2.05. The van der Waals surface area contributed by atoms with Crippen molar-refractivity contribution in [3.8, 4) is 5.88 Å². The van der Waals surface area contributed by atoms with Gasteiger partial charge in [-0.05, 0) is 13.0 Å². The average Bonchev–Trinajstić information content (AvgIpc) is 2.30. The van der Waals surface area contributed by atoms with Crippen molar-refractivity contribution in [2.45, 2.75) is 6.92 Å². The number of aromatic nitrogens is 1. The molecule has 0 fully saturated rings. The molecule has 1 heterocycles. The first-order valence-electron chi connectivity index (χ1n) is 5.21. The molecule has 1 rings (SSSR count). The van der Waals surface area contributed by atoms with Gasteiger partial charge in [-0.1, -0.05) is 11.6 Å². The molecule has 1 N–H and O–H groups in total. The average molecular weight is 273 g/mol. The summed E-state index contributed by atoms with van der Waals surface area (Å²) in [6.45, 7) is 1.82. The second kappa shape index (κ2) is 6.20. The van der Waals surface area contributed by atoms with Crippen molar-refractivity contribution in [1.82, 2.24) is 9.88 Å². The molecule has 0 radical (unpaired) electrons. The molecule has 0 aliphatic rings. The van der Waals surface area contributed by atoms with E-state index >= 15 is 0 Å². The van der Waals surface area contributed by atoms with Crippen LogP contribution in [0.3, 0.4) is 0 Å². The molecule has 0 aromatic carbocycles. The summed E-state index contributed by atoms with van der Waals surface area (Å²) in [7, 11) is 1.39. The molecule has 0 aliphatic heterocycles. The molecule has 0 unspecified atom stereocenters. The number of carbonyl (C=O) groups excluding carboxylic acids is 1. The fourth-order valence-electron chi connectivity index (χ4n) is 1.28. The predicted molar refractivity (Wildman–Crippen MR) is 65.0 cm³/mol. The second-order valence-corrected chi connectivity index (χ2v) is 3.91. The van der Waals surface area contributed by atoms with Crippen LogP contribution in [0.15, 0.2) is 12.3 Å². The highest BCUT2D eigenvalue weighted by Gasteiger charge is 2.16. The number of hydrogen-bond donors (Lipinski definition) is 1. The molecule has 7 heteroatoms. The maximum Gasteiger partial charge on any atom is 0.323 e. The molecule has 1 aromatic heterocycles. The minimum atomic E-state index is -1.09. The van der Waals surface area contributed by atoms with E-state index in [1.165, 1.54) is 19.3 Å². The SMILES string of the molecule is CCOc1ncc(C(=O)N(C)CC(=O)O)cc1Cl. The highest BCUT2D eigenvalue weighted by atomic mass is 35.5. The Morgan fingerprint density at radius 2 is 2.22 bits per heavy atom. The van der Waals surface area contributed by atoms with Crippen LogP contribution in [0.4, 0.5) is 0 Å². The van der Waals surface area contributed by atoms with Crippen molar-refractivity contribution in [2.75, 3.05) is 20.2 Å². The van der Waals surface area contributed by atoms with E-state index < -0.39 is 11.9 Å². The normalized spacial score (nSPS) is 9.94. The molecule has 1 aromatic rings. The van der Waals surface area contributed by atoms with Gasteiger partial charge in [0.2, 0.25) is 5.88 Å². The zero-order chi connectivity index (χ0) is 13.7. The molecule has 0 saturated heterocycles. The number of carboxylic acid groups (broad SMARTS) is 1. The van der Waals surface area contributed by atoms with Crippen LogP contribution in [0, 0.1) is 0 Å². The lowest BCUT2D eigenvalue weighted by molar-refractivity contribution is -0.137. The van der Waals surface area contributed by atoms with Crippen LogP contribution >= 0.6 is 11.6 Å². The molecule has 6 nitrogen and oxygen atoms in total. The zero-order valence-electron chi connectivity index (χ0n) is 10.0. The number of amides is 1. The van der Waals surface area contributed by atoms with Crippen LogP contribution in [-0.2, 0) is 4.79 Å². The van der Waals surface area contributed by atoms with Crippen molar-refractivity contribution < 1.29 is 19.4 Å². The van der Waals surface area contributed by atoms with Gasteiger partial charge in [-0.2, -0.15) is 0 Å². The van der Waals surface area contributed by atoms with Crippen LogP contribution in [0.1, 0.15) is 17.3 Å². The van der Waals surface area contributed by atoms with Crippen molar-refractivity contribution in [3.05, 3.63) is 22.8 Å². The van der Waals surface area contributed by atoms with Gasteiger partial charge in [0.15, 0.2) is 0 Å². The van der Waals surface area contributed by atoms with E-state index in [0.29, 0.717) is 6.61 Å². The maximum atomic E-state index is 11.8. The van der Waals surface area contributed by atoms with Gasteiger partial charge in [0.1, 0.15) is 11.6 Å². The van der Waals surface area contributed by atoms with Crippen LogP contribution in [0.5, 0.6) is 5.88 Å². The molecule has 0 aliphatic carbocycles. The van der Waals surface area contributed by atoms with E-state index in [1.54, 1.807) is 6.92 Å². The number of nitrogens with zero attached hydrogens (tertiary/aromatic N) is 2. The first-order chi connectivity index (χ1) is 8.45.